The van der Waals surface area contributed by atoms with E-state index in [0.717, 1.165) is 17.0 Å². The number of nitrogens with two attached hydrogens (primary N) is 1. The van der Waals surface area contributed by atoms with Crippen LogP contribution in [0.15, 0.2) is 12.3 Å². The van der Waals surface area contributed by atoms with Crippen LogP contribution in [-0.2, 0) is 6.54 Å². The average Bonchev–Trinajstić information content (AvgIpc) is 2.59. The standard InChI is InChI=1S/C10H13ClN4/c1-6(2)10-14-13-9-3-7(4-12)8(11)5-15(9)10/h3,5-6H,4,12H2,1-2H3. The molecule has 0 aromatic carbocycles. The van der Waals surface area contributed by atoms with E-state index in [0.29, 0.717) is 17.5 Å². The van der Waals surface area contributed by atoms with Crippen molar-refractivity contribution in [2.45, 2.75) is 26.3 Å². The fraction of sp³-hybridized carbons (Fsp3) is 0.400. The smallest absolute Gasteiger partial charge is 0.161 e. The monoisotopic (exact) mass is 224 g/mol. The molecule has 2 aromatic rings. The first kappa shape index (κ1) is 10.4. The van der Waals surface area contributed by atoms with Gasteiger partial charge >= 0.3 is 0 Å². The summed E-state index contributed by atoms with van der Waals surface area (Å²) in [7, 11) is 0. The summed E-state index contributed by atoms with van der Waals surface area (Å²) in [6.45, 7) is 4.56. The fourth-order valence-electron chi connectivity index (χ4n) is 1.52. The van der Waals surface area contributed by atoms with Crippen LogP contribution in [0.3, 0.4) is 0 Å². The van der Waals surface area contributed by atoms with Gasteiger partial charge in [0.2, 0.25) is 0 Å². The molecule has 2 rings (SSSR count). The molecule has 2 heterocycles. The van der Waals surface area contributed by atoms with Crippen molar-refractivity contribution in [3.05, 3.63) is 28.7 Å². The molecule has 0 aliphatic carbocycles. The largest absolute Gasteiger partial charge is 0.326 e. The topological polar surface area (TPSA) is 56.2 Å². The summed E-state index contributed by atoms with van der Waals surface area (Å²) >= 11 is 6.08. The van der Waals surface area contributed by atoms with Crippen molar-refractivity contribution < 1.29 is 0 Å². The lowest BCUT2D eigenvalue weighted by Gasteiger charge is -2.05. The first-order chi connectivity index (χ1) is 7.13. The molecule has 15 heavy (non-hydrogen) atoms. The van der Waals surface area contributed by atoms with Crippen molar-refractivity contribution in [3.63, 3.8) is 0 Å². The Morgan fingerprint density at radius 1 is 1.47 bits per heavy atom. The predicted octanol–water partition coefficient (Wildman–Crippen LogP) is 1.96. The fourth-order valence-corrected chi connectivity index (χ4v) is 1.75. The number of hydrogen-bond donors (Lipinski definition) is 1. The number of nitrogens with zero attached hydrogens (tertiary/aromatic N) is 3. The maximum absolute atomic E-state index is 6.08. The third kappa shape index (κ3) is 1.70. The zero-order valence-corrected chi connectivity index (χ0v) is 9.49. The Balaban J connectivity index is 2.68. The van der Waals surface area contributed by atoms with Crippen LogP contribution in [0.5, 0.6) is 0 Å². The third-order valence-corrected chi connectivity index (χ3v) is 2.68. The summed E-state index contributed by atoms with van der Waals surface area (Å²) in [5.74, 6) is 1.23. The minimum Gasteiger partial charge on any atom is -0.326 e. The molecule has 0 unspecified atom stereocenters. The molecule has 5 heteroatoms. The van der Waals surface area contributed by atoms with Gasteiger partial charge in [0.1, 0.15) is 5.82 Å². The van der Waals surface area contributed by atoms with E-state index in [2.05, 4.69) is 24.0 Å². The molecule has 2 aromatic heterocycles. The maximum atomic E-state index is 6.08. The van der Waals surface area contributed by atoms with Crippen LogP contribution < -0.4 is 5.73 Å². The molecule has 0 atom stereocenters. The van der Waals surface area contributed by atoms with Gasteiger partial charge in [-0.05, 0) is 11.6 Å². The van der Waals surface area contributed by atoms with E-state index >= 15 is 0 Å². The lowest BCUT2D eigenvalue weighted by Crippen LogP contribution is -2.01. The Morgan fingerprint density at radius 3 is 2.80 bits per heavy atom. The van der Waals surface area contributed by atoms with Crippen LogP contribution in [0.2, 0.25) is 5.02 Å². The Bertz CT molecular complexity index is 489. The van der Waals surface area contributed by atoms with Crippen molar-refractivity contribution in [1.29, 1.82) is 0 Å². The number of halogens is 1. The second-order valence-corrected chi connectivity index (χ2v) is 4.20. The van der Waals surface area contributed by atoms with Crippen molar-refractivity contribution in [1.82, 2.24) is 14.6 Å². The number of aromatic nitrogens is 3. The van der Waals surface area contributed by atoms with Gasteiger partial charge in [-0.15, -0.1) is 10.2 Å². The first-order valence-corrected chi connectivity index (χ1v) is 5.24. The molecule has 0 aliphatic heterocycles. The highest BCUT2D eigenvalue weighted by molar-refractivity contribution is 6.31. The number of rotatable bonds is 2. The minimum absolute atomic E-state index is 0.319. The van der Waals surface area contributed by atoms with E-state index < -0.39 is 0 Å². The average molecular weight is 225 g/mol. The molecule has 4 nitrogen and oxygen atoms in total. The summed E-state index contributed by atoms with van der Waals surface area (Å²) in [5.41, 5.74) is 7.26. The van der Waals surface area contributed by atoms with Crippen LogP contribution >= 0.6 is 11.6 Å². The van der Waals surface area contributed by atoms with Gasteiger partial charge in [0, 0.05) is 18.7 Å². The lowest BCUT2D eigenvalue weighted by atomic mass is 10.2. The normalized spacial score (nSPS) is 11.5. The Hall–Kier alpha value is -1.13. The van der Waals surface area contributed by atoms with Crippen LogP contribution in [0.4, 0.5) is 0 Å². The van der Waals surface area contributed by atoms with E-state index in [1.807, 2.05) is 16.7 Å². The molecule has 0 aliphatic rings. The zero-order valence-electron chi connectivity index (χ0n) is 8.74. The molecule has 0 radical (unpaired) electrons. The Morgan fingerprint density at radius 2 is 2.20 bits per heavy atom. The highest BCUT2D eigenvalue weighted by Gasteiger charge is 2.11. The highest BCUT2D eigenvalue weighted by Crippen LogP contribution is 2.20. The number of fused-ring (bicyclic) bond motifs is 1. The van der Waals surface area contributed by atoms with Gasteiger partial charge in [0.25, 0.3) is 0 Å². The summed E-state index contributed by atoms with van der Waals surface area (Å²) in [4.78, 5) is 0. The van der Waals surface area contributed by atoms with Crippen molar-refractivity contribution >= 4 is 17.2 Å². The molecule has 0 saturated heterocycles. The van der Waals surface area contributed by atoms with Crippen LogP contribution in [0, 0.1) is 0 Å². The van der Waals surface area contributed by atoms with E-state index in [1.165, 1.54) is 0 Å². The van der Waals surface area contributed by atoms with E-state index in [-0.39, 0.29) is 0 Å². The molecule has 80 valence electrons. The first-order valence-electron chi connectivity index (χ1n) is 4.86. The van der Waals surface area contributed by atoms with Crippen molar-refractivity contribution in [2.75, 3.05) is 0 Å². The Labute approximate surface area is 93.1 Å². The van der Waals surface area contributed by atoms with Gasteiger partial charge in [-0.25, -0.2) is 0 Å². The van der Waals surface area contributed by atoms with Crippen LogP contribution in [0.25, 0.3) is 5.65 Å². The van der Waals surface area contributed by atoms with Crippen LogP contribution in [-0.4, -0.2) is 14.6 Å². The van der Waals surface area contributed by atoms with E-state index in [4.69, 9.17) is 17.3 Å². The minimum atomic E-state index is 0.319. The quantitative estimate of drug-likeness (QED) is 0.849. The summed E-state index contributed by atoms with van der Waals surface area (Å²) in [5, 5.41) is 8.87. The second kappa shape index (κ2) is 3.79. The molecule has 0 fully saturated rings. The summed E-state index contributed by atoms with van der Waals surface area (Å²) < 4.78 is 1.91. The molecule has 0 bridgehead atoms. The van der Waals surface area contributed by atoms with Crippen LogP contribution in [0.1, 0.15) is 31.2 Å². The third-order valence-electron chi connectivity index (χ3n) is 2.34. The van der Waals surface area contributed by atoms with Gasteiger partial charge in [-0.1, -0.05) is 25.4 Å². The van der Waals surface area contributed by atoms with E-state index in [1.54, 1.807) is 0 Å². The molecule has 0 amide bonds. The summed E-state index contributed by atoms with van der Waals surface area (Å²) in [6, 6.07) is 1.88. The molecule has 0 saturated carbocycles. The van der Waals surface area contributed by atoms with Crippen molar-refractivity contribution in [3.8, 4) is 0 Å². The zero-order chi connectivity index (χ0) is 11.0. The molecular weight excluding hydrogens is 212 g/mol. The predicted molar refractivity (Wildman–Crippen MR) is 60.0 cm³/mol. The van der Waals surface area contributed by atoms with Gasteiger partial charge in [0.05, 0.1) is 5.02 Å². The maximum Gasteiger partial charge on any atom is 0.161 e. The van der Waals surface area contributed by atoms with Gasteiger partial charge in [0.15, 0.2) is 5.65 Å². The summed E-state index contributed by atoms with van der Waals surface area (Å²) in [6.07, 6.45) is 1.83. The number of pyridine rings is 1. The molecule has 0 spiro atoms. The number of hydrogen-bond acceptors (Lipinski definition) is 3. The molecular formula is C10H13ClN4. The SMILES string of the molecule is CC(C)c1nnc2cc(CN)c(Cl)cn12. The second-order valence-electron chi connectivity index (χ2n) is 3.79. The van der Waals surface area contributed by atoms with Gasteiger partial charge in [-0.3, -0.25) is 4.40 Å². The van der Waals surface area contributed by atoms with Gasteiger partial charge in [-0.2, -0.15) is 0 Å². The highest BCUT2D eigenvalue weighted by atomic mass is 35.5. The Kier molecular flexibility index (Phi) is 2.63. The van der Waals surface area contributed by atoms with Crippen molar-refractivity contribution in [2.24, 2.45) is 5.73 Å². The van der Waals surface area contributed by atoms with E-state index in [9.17, 15) is 0 Å². The molecule has 2 N–H and O–H groups in total. The van der Waals surface area contributed by atoms with Gasteiger partial charge < -0.3 is 5.73 Å². The lowest BCUT2D eigenvalue weighted by molar-refractivity contribution is 0.759.